The lowest BCUT2D eigenvalue weighted by molar-refractivity contribution is -0.142. The van der Waals surface area contributed by atoms with Gasteiger partial charge in [0, 0.05) is 24.9 Å². The number of fused-ring (bicyclic) bond motifs is 1. The van der Waals surface area contributed by atoms with Crippen molar-refractivity contribution in [2.24, 2.45) is 11.3 Å². The summed E-state index contributed by atoms with van der Waals surface area (Å²) in [6, 6.07) is 9.78. The number of sulfonamides is 1. The van der Waals surface area contributed by atoms with Crippen molar-refractivity contribution >= 4 is 44.5 Å². The van der Waals surface area contributed by atoms with E-state index in [-0.39, 0.29) is 31.2 Å². The Morgan fingerprint density at radius 2 is 1.72 bits per heavy atom. The molecule has 57 heavy (non-hydrogen) atoms. The highest BCUT2D eigenvalue weighted by molar-refractivity contribution is 7.91. The Labute approximate surface area is 332 Å². The zero-order chi connectivity index (χ0) is 40.9. The van der Waals surface area contributed by atoms with Crippen LogP contribution in [0.5, 0.6) is 5.75 Å². The van der Waals surface area contributed by atoms with Gasteiger partial charge in [-0.1, -0.05) is 82.2 Å². The first-order valence-electron chi connectivity index (χ1n) is 19.6. The van der Waals surface area contributed by atoms with Crippen LogP contribution in [0.3, 0.4) is 0 Å². The smallest absolute Gasteiger partial charge is 0.315 e. The van der Waals surface area contributed by atoms with Crippen LogP contribution in [0, 0.1) is 11.3 Å². The molecule has 3 aromatic rings. The Balaban J connectivity index is 1.22. The second kappa shape index (κ2) is 15.3. The molecule has 1 aromatic heterocycles. The van der Waals surface area contributed by atoms with Gasteiger partial charge in [0.15, 0.2) is 5.75 Å². The van der Waals surface area contributed by atoms with Crippen LogP contribution < -0.4 is 31.0 Å². The topological polar surface area (TPSA) is 198 Å². The molecule has 7 rings (SSSR count). The van der Waals surface area contributed by atoms with E-state index in [4.69, 9.17) is 4.74 Å². The average Bonchev–Trinajstić information content (AvgIpc) is 4.05. The summed E-state index contributed by atoms with van der Waals surface area (Å²) in [6.45, 7) is 9.04. The summed E-state index contributed by atoms with van der Waals surface area (Å²) in [5, 5.41) is 14.4. The van der Waals surface area contributed by atoms with Crippen molar-refractivity contribution in [1.29, 1.82) is 0 Å². The normalized spacial score (nSPS) is 24.1. The number of urea groups is 1. The third kappa shape index (κ3) is 7.88. The van der Waals surface area contributed by atoms with Crippen LogP contribution in [0.15, 0.2) is 66.1 Å². The van der Waals surface area contributed by atoms with Crippen molar-refractivity contribution in [3.05, 3.63) is 71.7 Å². The zero-order valence-electron chi connectivity index (χ0n) is 32.7. The molecule has 2 aromatic carbocycles. The molecule has 304 valence electrons. The molecule has 0 radical (unpaired) electrons. The van der Waals surface area contributed by atoms with E-state index in [2.05, 4.69) is 32.4 Å². The Hall–Kier alpha value is -5.25. The van der Waals surface area contributed by atoms with Gasteiger partial charge in [0.1, 0.15) is 17.6 Å². The number of nitrogens with zero attached hydrogens (tertiary/aromatic N) is 3. The molecule has 2 heterocycles. The fraction of sp³-hybridized carbons (Fsp3) is 0.512. The van der Waals surface area contributed by atoms with Crippen LogP contribution in [0.1, 0.15) is 78.2 Å². The molecule has 16 heteroatoms. The lowest BCUT2D eigenvalue weighted by atomic mass is 9.85. The van der Waals surface area contributed by atoms with Gasteiger partial charge >= 0.3 is 11.6 Å². The van der Waals surface area contributed by atoms with Gasteiger partial charge in [0.05, 0.1) is 30.2 Å². The van der Waals surface area contributed by atoms with E-state index in [1.54, 1.807) is 20.8 Å². The molecular weight excluding hydrogens is 751 g/mol. The highest BCUT2D eigenvalue weighted by atomic mass is 32.2. The number of carbonyl (C=O) groups excluding carboxylic acids is 4. The summed E-state index contributed by atoms with van der Waals surface area (Å²) >= 11 is 0. The molecule has 3 saturated carbocycles. The minimum absolute atomic E-state index is 0.0115. The average molecular weight is 802 g/mol. The van der Waals surface area contributed by atoms with E-state index in [1.165, 1.54) is 29.0 Å². The SMILES string of the molecule is C=C[C@@H]1C[C@]1(NC(=O)[C@@H]1C[C@@H](n2ncc(-c3cccc4ccccc34)c(OC)c2=O)CN1C(=O)[C@@H](NC(=O)NC1CCCC1)C(C)(C)C)C(=O)NS(=O)(=O)C1CC1. The minimum Gasteiger partial charge on any atom is -0.491 e. The van der Waals surface area contributed by atoms with Crippen molar-refractivity contribution in [2.45, 2.75) is 107 Å². The molecule has 4 fully saturated rings. The number of rotatable bonds is 12. The molecular formula is C41H51N7O8S. The van der Waals surface area contributed by atoms with Crippen molar-refractivity contribution in [1.82, 2.24) is 35.4 Å². The van der Waals surface area contributed by atoms with Crippen molar-refractivity contribution in [2.75, 3.05) is 13.7 Å². The van der Waals surface area contributed by atoms with E-state index in [1.807, 2.05) is 42.5 Å². The number of hydrogen-bond donors (Lipinski definition) is 4. The Morgan fingerprint density at radius 1 is 1.02 bits per heavy atom. The first-order valence-corrected chi connectivity index (χ1v) is 21.1. The number of amides is 5. The third-order valence-electron chi connectivity index (χ3n) is 11.8. The first-order chi connectivity index (χ1) is 27.1. The number of aromatic nitrogens is 2. The lowest BCUT2D eigenvalue weighted by Crippen LogP contribution is -2.61. The molecule has 3 aliphatic carbocycles. The summed E-state index contributed by atoms with van der Waals surface area (Å²) in [6.07, 6.45) is 7.61. The van der Waals surface area contributed by atoms with Gasteiger partial charge in [-0.15, -0.1) is 6.58 Å². The summed E-state index contributed by atoms with van der Waals surface area (Å²) < 4.78 is 34.6. The largest absolute Gasteiger partial charge is 0.491 e. The maximum Gasteiger partial charge on any atom is 0.315 e. The fourth-order valence-corrected chi connectivity index (χ4v) is 9.67. The van der Waals surface area contributed by atoms with Gasteiger partial charge in [-0.3, -0.25) is 23.9 Å². The maximum atomic E-state index is 14.7. The van der Waals surface area contributed by atoms with Crippen LogP contribution >= 0.6 is 0 Å². The Kier molecular flexibility index (Phi) is 10.7. The van der Waals surface area contributed by atoms with E-state index in [9.17, 15) is 32.4 Å². The molecule has 4 N–H and O–H groups in total. The quantitative estimate of drug-likeness (QED) is 0.198. The highest BCUT2D eigenvalue weighted by Gasteiger charge is 2.62. The van der Waals surface area contributed by atoms with Gasteiger partial charge in [-0.05, 0) is 53.9 Å². The molecule has 5 atom stereocenters. The maximum absolute atomic E-state index is 14.7. The summed E-state index contributed by atoms with van der Waals surface area (Å²) in [4.78, 5) is 71.7. The Morgan fingerprint density at radius 3 is 2.37 bits per heavy atom. The van der Waals surface area contributed by atoms with Gasteiger partial charge < -0.3 is 25.6 Å². The first kappa shape index (κ1) is 40.0. The molecule has 0 spiro atoms. The molecule has 4 aliphatic rings. The fourth-order valence-electron chi connectivity index (χ4n) is 8.30. The van der Waals surface area contributed by atoms with E-state index in [0.717, 1.165) is 42.0 Å². The summed E-state index contributed by atoms with van der Waals surface area (Å²) in [7, 11) is -2.54. The van der Waals surface area contributed by atoms with Crippen molar-refractivity contribution < 1.29 is 32.3 Å². The highest BCUT2D eigenvalue weighted by Crippen LogP contribution is 2.46. The summed E-state index contributed by atoms with van der Waals surface area (Å²) in [5.41, 5.74) is -1.78. The van der Waals surface area contributed by atoms with Crippen LogP contribution in [-0.4, -0.2) is 89.4 Å². The predicted molar refractivity (Wildman–Crippen MR) is 214 cm³/mol. The van der Waals surface area contributed by atoms with Crippen LogP contribution in [0.4, 0.5) is 4.79 Å². The number of hydrogen-bond acceptors (Lipinski definition) is 9. The van der Waals surface area contributed by atoms with Gasteiger partial charge in [0.2, 0.25) is 21.8 Å². The molecule has 0 bridgehead atoms. The Bertz CT molecular complexity index is 2270. The monoisotopic (exact) mass is 801 g/mol. The van der Waals surface area contributed by atoms with Crippen LogP contribution in [0.25, 0.3) is 21.9 Å². The number of ether oxygens (including phenoxy) is 1. The number of benzene rings is 2. The number of methoxy groups -OCH3 is 1. The van der Waals surface area contributed by atoms with E-state index < -0.39 is 79.6 Å². The standard InChI is InChI=1S/C41H51N7O8S/c1-6-25-21-41(25,38(52)46-57(54,55)28-18-19-28)45-35(49)32-20-27(23-47(32)37(51)34(40(2,3)4)44-39(53)43-26-14-8-9-15-26)48-36(50)33(56-5)31(22-42-48)30-17-11-13-24-12-7-10-16-29(24)30/h6-7,10-13,16-17,22,25-28,32,34H,1,8-9,14-15,18-21,23H2,2-5H3,(H,45,49)(H,46,52)(H2,43,44,53)/t25-,27-,32+,34-,41-/m1/s1. The summed E-state index contributed by atoms with van der Waals surface area (Å²) in [5.74, 6) is -2.68. The van der Waals surface area contributed by atoms with Crippen molar-refractivity contribution in [3.8, 4) is 16.9 Å². The zero-order valence-corrected chi connectivity index (χ0v) is 33.6. The third-order valence-corrected chi connectivity index (χ3v) is 13.6. The second-order valence-corrected chi connectivity index (χ2v) is 18.8. The van der Waals surface area contributed by atoms with Crippen LogP contribution in [-0.2, 0) is 24.4 Å². The van der Waals surface area contributed by atoms with E-state index in [0.29, 0.717) is 18.4 Å². The number of carbonyl (C=O) groups is 4. The van der Waals surface area contributed by atoms with Gasteiger partial charge in [-0.2, -0.15) is 5.10 Å². The molecule has 15 nitrogen and oxygen atoms in total. The van der Waals surface area contributed by atoms with Crippen molar-refractivity contribution in [3.63, 3.8) is 0 Å². The van der Waals surface area contributed by atoms with E-state index >= 15 is 0 Å². The predicted octanol–water partition coefficient (Wildman–Crippen LogP) is 3.54. The minimum atomic E-state index is -3.93. The number of likely N-dealkylation sites (tertiary alicyclic amines) is 1. The molecule has 1 saturated heterocycles. The second-order valence-electron chi connectivity index (χ2n) is 16.8. The molecule has 1 aliphatic heterocycles. The van der Waals surface area contributed by atoms with Gasteiger partial charge in [-0.25, -0.2) is 17.9 Å². The molecule has 0 unspecified atom stereocenters. The molecule has 5 amide bonds. The van der Waals surface area contributed by atoms with Gasteiger partial charge in [0.25, 0.3) is 5.91 Å². The number of nitrogens with one attached hydrogen (secondary N) is 4. The van der Waals surface area contributed by atoms with Crippen LogP contribution in [0.2, 0.25) is 0 Å². The lowest BCUT2D eigenvalue weighted by Gasteiger charge is -2.36.